The molecule has 0 bridgehead atoms. The minimum atomic E-state index is -0.503. The van der Waals surface area contributed by atoms with E-state index in [1.54, 1.807) is 34.7 Å². The number of aromatic nitrogens is 5. The number of aliphatic hydroxyl groups is 1. The molecule has 0 spiro atoms. The Morgan fingerprint density at radius 1 is 1.15 bits per heavy atom. The maximum Gasteiger partial charge on any atom is 0.216 e. The number of aliphatic hydroxyl groups excluding tert-OH is 1. The third kappa shape index (κ3) is 4.99. The van der Waals surface area contributed by atoms with E-state index in [0.29, 0.717) is 36.5 Å². The second-order valence-corrected chi connectivity index (χ2v) is 7.75. The van der Waals surface area contributed by atoms with E-state index in [4.69, 9.17) is 0 Å². The zero-order chi connectivity index (χ0) is 23.4. The number of pyridine rings is 2. The Morgan fingerprint density at radius 2 is 2.00 bits per heavy atom. The molecule has 168 valence electrons. The lowest BCUT2D eigenvalue weighted by Crippen LogP contribution is -2.26. The molecule has 3 N–H and O–H groups in total. The van der Waals surface area contributed by atoms with Gasteiger partial charge in [-0.2, -0.15) is 15.5 Å². The van der Waals surface area contributed by atoms with E-state index >= 15 is 0 Å². The Morgan fingerprint density at radius 3 is 2.70 bits per heavy atom. The van der Waals surface area contributed by atoms with E-state index in [-0.39, 0.29) is 5.91 Å². The first-order chi connectivity index (χ1) is 15.9. The van der Waals surface area contributed by atoms with Crippen molar-refractivity contribution in [1.82, 2.24) is 29.7 Å². The number of nitriles is 1. The summed E-state index contributed by atoms with van der Waals surface area (Å²) in [6, 6.07) is 7.98. The number of rotatable bonds is 8. The minimum Gasteiger partial charge on any atom is -0.391 e. The molecule has 0 radical (unpaired) electrons. The number of hydrogen-bond acceptors (Lipinski definition) is 7. The van der Waals surface area contributed by atoms with Gasteiger partial charge in [0.2, 0.25) is 5.91 Å². The smallest absolute Gasteiger partial charge is 0.216 e. The summed E-state index contributed by atoms with van der Waals surface area (Å²) in [7, 11) is 0. The van der Waals surface area contributed by atoms with Crippen LogP contribution in [-0.2, 0) is 11.3 Å². The number of nitrogens with zero attached hydrogens (tertiary/aromatic N) is 6. The molecule has 4 aromatic heterocycles. The highest BCUT2D eigenvalue weighted by Crippen LogP contribution is 2.32. The normalized spacial score (nSPS) is 11.8. The number of fused-ring (bicyclic) bond motifs is 1. The number of amides is 1. The van der Waals surface area contributed by atoms with Gasteiger partial charge in [0.15, 0.2) is 0 Å². The van der Waals surface area contributed by atoms with E-state index in [0.717, 1.165) is 22.3 Å². The van der Waals surface area contributed by atoms with Crippen LogP contribution >= 0.6 is 0 Å². The molecular formula is C23H24N8O2. The first-order valence-electron chi connectivity index (χ1n) is 10.5. The van der Waals surface area contributed by atoms with Gasteiger partial charge in [-0.3, -0.25) is 9.48 Å². The Hall–Kier alpha value is -4.23. The number of hydrogen-bond donors (Lipinski definition) is 3. The Balaban J connectivity index is 1.67. The average molecular weight is 444 g/mol. The highest BCUT2D eigenvalue weighted by atomic mass is 16.3. The van der Waals surface area contributed by atoms with Crippen LogP contribution in [0.3, 0.4) is 0 Å². The molecule has 10 nitrogen and oxygen atoms in total. The van der Waals surface area contributed by atoms with Crippen molar-refractivity contribution in [3.8, 4) is 28.3 Å². The second kappa shape index (κ2) is 9.50. The maximum atomic E-state index is 11.0. The summed E-state index contributed by atoms with van der Waals surface area (Å²) in [4.78, 5) is 15.4. The zero-order valence-corrected chi connectivity index (χ0v) is 18.4. The van der Waals surface area contributed by atoms with E-state index < -0.39 is 6.10 Å². The number of carbonyl (C=O) groups excluding carboxylic acids is 1. The fourth-order valence-electron chi connectivity index (χ4n) is 3.55. The molecule has 1 unspecified atom stereocenters. The molecule has 0 saturated heterocycles. The molecule has 0 aliphatic carbocycles. The van der Waals surface area contributed by atoms with Gasteiger partial charge in [0.05, 0.1) is 36.1 Å². The van der Waals surface area contributed by atoms with Gasteiger partial charge >= 0.3 is 0 Å². The molecule has 33 heavy (non-hydrogen) atoms. The molecule has 1 amide bonds. The highest BCUT2D eigenvalue weighted by molar-refractivity contribution is 5.87. The monoisotopic (exact) mass is 444 g/mol. The predicted molar refractivity (Wildman–Crippen MR) is 123 cm³/mol. The standard InChI is InChI=1S/C23H24N8O2/c1-15(32)12-30-13-20(11-28-30)18-7-21(23-19(8-24)10-29-31(23)14-18)17-3-4-22(27-9-17)26-6-5-25-16(2)33/h3-4,7,9-11,13-15,32H,5-6,12H2,1-2H3,(H,25,33)(H,26,27). The number of nitrogens with one attached hydrogen (secondary N) is 2. The van der Waals surface area contributed by atoms with Gasteiger partial charge in [0.1, 0.15) is 11.9 Å². The first kappa shape index (κ1) is 22.0. The van der Waals surface area contributed by atoms with Crippen LogP contribution in [0.25, 0.3) is 27.8 Å². The summed E-state index contributed by atoms with van der Waals surface area (Å²) < 4.78 is 3.38. The number of anilines is 1. The van der Waals surface area contributed by atoms with Crippen LogP contribution < -0.4 is 10.6 Å². The summed E-state index contributed by atoms with van der Waals surface area (Å²) in [5.41, 5.74) is 4.57. The van der Waals surface area contributed by atoms with Gasteiger partial charge in [0, 0.05) is 60.9 Å². The summed E-state index contributed by atoms with van der Waals surface area (Å²) in [5.74, 6) is 0.610. The average Bonchev–Trinajstić information content (AvgIpc) is 3.42. The Labute approximate surface area is 190 Å². The molecule has 4 aromatic rings. The number of carbonyl (C=O) groups is 1. The summed E-state index contributed by atoms with van der Waals surface area (Å²) >= 11 is 0. The summed E-state index contributed by atoms with van der Waals surface area (Å²) in [6.07, 6.45) is 8.25. The first-order valence-corrected chi connectivity index (χ1v) is 10.5. The van der Waals surface area contributed by atoms with Gasteiger partial charge in [-0.25, -0.2) is 9.50 Å². The molecule has 1 atom stereocenters. The molecule has 4 rings (SSSR count). The van der Waals surface area contributed by atoms with Gasteiger partial charge in [-0.1, -0.05) is 0 Å². The molecular weight excluding hydrogens is 420 g/mol. The van der Waals surface area contributed by atoms with Crippen molar-refractivity contribution >= 4 is 17.2 Å². The molecule has 4 heterocycles. The van der Waals surface area contributed by atoms with Crippen molar-refractivity contribution in [2.75, 3.05) is 18.4 Å². The zero-order valence-electron chi connectivity index (χ0n) is 18.4. The second-order valence-electron chi connectivity index (χ2n) is 7.75. The van der Waals surface area contributed by atoms with Crippen molar-refractivity contribution in [3.63, 3.8) is 0 Å². The van der Waals surface area contributed by atoms with Gasteiger partial charge in [-0.05, 0) is 25.1 Å². The lowest BCUT2D eigenvalue weighted by Gasteiger charge is -2.10. The Bertz CT molecular complexity index is 1310. The van der Waals surface area contributed by atoms with Crippen LogP contribution in [-0.4, -0.2) is 54.6 Å². The van der Waals surface area contributed by atoms with Crippen LogP contribution in [0.4, 0.5) is 5.82 Å². The fourth-order valence-corrected chi connectivity index (χ4v) is 3.55. The van der Waals surface area contributed by atoms with Crippen LogP contribution in [0.1, 0.15) is 19.4 Å². The topological polar surface area (TPSA) is 133 Å². The van der Waals surface area contributed by atoms with Gasteiger partial charge in [-0.15, -0.1) is 0 Å². The quantitative estimate of drug-likeness (QED) is 0.354. The van der Waals surface area contributed by atoms with Gasteiger partial charge in [0.25, 0.3) is 0 Å². The van der Waals surface area contributed by atoms with Crippen molar-refractivity contribution in [2.45, 2.75) is 26.5 Å². The largest absolute Gasteiger partial charge is 0.391 e. The Kier molecular flexibility index (Phi) is 6.33. The predicted octanol–water partition coefficient (Wildman–Crippen LogP) is 2.06. The summed E-state index contributed by atoms with van der Waals surface area (Å²) in [5, 5.41) is 33.8. The summed E-state index contributed by atoms with van der Waals surface area (Å²) in [6.45, 7) is 4.65. The van der Waals surface area contributed by atoms with Crippen LogP contribution in [0.5, 0.6) is 0 Å². The van der Waals surface area contributed by atoms with Crippen LogP contribution in [0, 0.1) is 11.3 Å². The molecule has 10 heteroatoms. The minimum absolute atomic E-state index is 0.0745. The van der Waals surface area contributed by atoms with Crippen LogP contribution in [0.15, 0.2) is 49.2 Å². The van der Waals surface area contributed by atoms with Crippen molar-refractivity contribution in [1.29, 1.82) is 5.26 Å². The van der Waals surface area contributed by atoms with Crippen molar-refractivity contribution in [2.24, 2.45) is 0 Å². The molecule has 0 saturated carbocycles. The molecule has 0 aliphatic rings. The molecule has 0 aliphatic heterocycles. The highest BCUT2D eigenvalue weighted by Gasteiger charge is 2.15. The lowest BCUT2D eigenvalue weighted by atomic mass is 10.0. The molecule has 0 fully saturated rings. The van der Waals surface area contributed by atoms with Crippen LogP contribution in [0.2, 0.25) is 0 Å². The van der Waals surface area contributed by atoms with E-state index in [1.165, 1.54) is 6.92 Å². The third-order valence-electron chi connectivity index (χ3n) is 5.03. The van der Waals surface area contributed by atoms with E-state index in [2.05, 4.69) is 31.9 Å². The SMILES string of the molecule is CC(=O)NCCNc1ccc(-c2cc(-c3cnn(CC(C)O)c3)cn3ncc(C#N)c23)cn1. The maximum absolute atomic E-state index is 11.0. The fraction of sp³-hybridized carbons (Fsp3) is 0.261. The van der Waals surface area contributed by atoms with Gasteiger partial charge < -0.3 is 15.7 Å². The van der Waals surface area contributed by atoms with E-state index in [9.17, 15) is 15.2 Å². The van der Waals surface area contributed by atoms with Crippen molar-refractivity contribution in [3.05, 3.63) is 54.7 Å². The van der Waals surface area contributed by atoms with E-state index in [1.807, 2.05) is 30.6 Å². The van der Waals surface area contributed by atoms with Crippen molar-refractivity contribution < 1.29 is 9.90 Å². The third-order valence-corrected chi connectivity index (χ3v) is 5.03. The lowest BCUT2D eigenvalue weighted by molar-refractivity contribution is -0.118. The molecule has 0 aromatic carbocycles.